The Morgan fingerprint density at radius 3 is 2.23 bits per heavy atom. The van der Waals surface area contributed by atoms with Crippen molar-refractivity contribution < 1.29 is 28.2 Å². The molecular weight excluding hydrogens is 564 g/mol. The molecular formula is C35H43F2N3O4. The minimum absolute atomic E-state index is 0.0463. The summed E-state index contributed by atoms with van der Waals surface area (Å²) in [6.07, 6.45) is -0.271. The van der Waals surface area contributed by atoms with Gasteiger partial charge in [-0.3, -0.25) is 4.79 Å². The number of hydrogen-bond acceptors (Lipinski definition) is 5. The number of halogens is 2. The van der Waals surface area contributed by atoms with Crippen molar-refractivity contribution in [3.05, 3.63) is 107 Å². The first-order valence-electron chi connectivity index (χ1n) is 15.1. The molecule has 0 aliphatic carbocycles. The predicted octanol–water partition coefficient (Wildman–Crippen LogP) is 5.59. The molecule has 0 bridgehead atoms. The number of aliphatic hydroxyl groups is 1. The van der Waals surface area contributed by atoms with Crippen LogP contribution in [0.3, 0.4) is 0 Å². The molecule has 44 heavy (non-hydrogen) atoms. The number of nitrogens with one attached hydrogen (secondary N) is 2. The van der Waals surface area contributed by atoms with Crippen LogP contribution in [-0.2, 0) is 33.5 Å². The number of ether oxygens (including phenoxy) is 1. The summed E-state index contributed by atoms with van der Waals surface area (Å²) in [5.74, 6) is -1.80. The molecule has 1 heterocycles. The highest BCUT2D eigenvalue weighted by Gasteiger charge is 2.39. The van der Waals surface area contributed by atoms with Crippen molar-refractivity contribution in [2.45, 2.75) is 76.7 Å². The first kappa shape index (κ1) is 33.1. The zero-order chi connectivity index (χ0) is 31.9. The van der Waals surface area contributed by atoms with Gasteiger partial charge in [0.05, 0.1) is 12.1 Å². The Balaban J connectivity index is 1.51. The van der Waals surface area contributed by atoms with Gasteiger partial charge in [0, 0.05) is 38.2 Å². The summed E-state index contributed by atoms with van der Waals surface area (Å²) in [6, 6.07) is 20.3. The van der Waals surface area contributed by atoms with E-state index < -0.39 is 29.3 Å². The van der Waals surface area contributed by atoms with Gasteiger partial charge in [-0.15, -0.1) is 0 Å². The van der Waals surface area contributed by atoms with Crippen LogP contribution in [0.2, 0.25) is 0 Å². The van der Waals surface area contributed by atoms with Crippen molar-refractivity contribution in [3.8, 4) is 0 Å². The zero-order valence-electron chi connectivity index (χ0n) is 25.9. The molecule has 9 heteroatoms. The lowest BCUT2D eigenvalue weighted by molar-refractivity contribution is -0.120. The van der Waals surface area contributed by atoms with E-state index in [1.165, 1.54) is 19.1 Å². The third-order valence-electron chi connectivity index (χ3n) is 8.24. The number of hydrogen-bond donors (Lipinski definition) is 3. The second-order valence-corrected chi connectivity index (χ2v) is 12.7. The highest BCUT2D eigenvalue weighted by Crippen LogP contribution is 2.36. The minimum Gasteiger partial charge on any atom is -0.445 e. The molecule has 0 unspecified atom stereocenters. The van der Waals surface area contributed by atoms with Crippen LogP contribution in [0.1, 0.15) is 62.8 Å². The molecule has 1 aliphatic heterocycles. The van der Waals surface area contributed by atoms with E-state index >= 15 is 0 Å². The van der Waals surface area contributed by atoms with Crippen molar-refractivity contribution in [1.82, 2.24) is 15.5 Å². The van der Waals surface area contributed by atoms with E-state index in [-0.39, 0.29) is 37.0 Å². The van der Waals surface area contributed by atoms with E-state index in [1.54, 1.807) is 4.90 Å². The minimum atomic E-state index is -1.07. The van der Waals surface area contributed by atoms with E-state index in [2.05, 4.69) is 49.6 Å². The smallest absolute Gasteiger partial charge is 0.410 e. The second-order valence-electron chi connectivity index (χ2n) is 12.7. The topological polar surface area (TPSA) is 90.9 Å². The number of likely N-dealkylation sites (tertiary alicyclic amines) is 1. The number of carbonyl (C=O) groups excluding carboxylic acids is 2. The van der Waals surface area contributed by atoms with E-state index in [1.807, 2.05) is 36.4 Å². The maximum Gasteiger partial charge on any atom is 0.410 e. The molecule has 2 atom stereocenters. The molecule has 1 saturated heterocycles. The van der Waals surface area contributed by atoms with Gasteiger partial charge in [-0.05, 0) is 59.1 Å². The van der Waals surface area contributed by atoms with Crippen molar-refractivity contribution >= 4 is 12.0 Å². The number of amides is 2. The largest absolute Gasteiger partial charge is 0.445 e. The Labute approximate surface area is 258 Å². The van der Waals surface area contributed by atoms with Crippen LogP contribution in [0.5, 0.6) is 0 Å². The lowest BCUT2D eigenvalue weighted by atomic mass is 9.77. The maximum atomic E-state index is 13.9. The van der Waals surface area contributed by atoms with Gasteiger partial charge >= 0.3 is 6.09 Å². The SMILES string of the molecule is CC(=O)N[C@@H](Cc1cc(F)cc(F)c1)[C@H](O)CNC1(c2cccc(C(C)(C)C)c2)CCN(C(=O)OCc2ccccc2)CC1. The summed E-state index contributed by atoms with van der Waals surface area (Å²) in [5, 5.41) is 17.6. The van der Waals surface area contributed by atoms with Gasteiger partial charge in [0.1, 0.15) is 18.2 Å². The number of piperidine rings is 1. The molecule has 0 aromatic heterocycles. The molecule has 1 aliphatic rings. The number of aliphatic hydroxyl groups excluding tert-OH is 1. The highest BCUT2D eigenvalue weighted by molar-refractivity contribution is 5.73. The van der Waals surface area contributed by atoms with Gasteiger partial charge in [0.15, 0.2) is 0 Å². The summed E-state index contributed by atoms with van der Waals surface area (Å²) < 4.78 is 33.3. The summed E-state index contributed by atoms with van der Waals surface area (Å²) >= 11 is 0. The van der Waals surface area contributed by atoms with Crippen molar-refractivity contribution in [2.24, 2.45) is 0 Å². The zero-order valence-corrected chi connectivity index (χ0v) is 25.9. The third kappa shape index (κ3) is 8.86. The average molecular weight is 608 g/mol. The van der Waals surface area contributed by atoms with Crippen LogP contribution in [0.15, 0.2) is 72.8 Å². The molecule has 236 valence electrons. The summed E-state index contributed by atoms with van der Waals surface area (Å²) in [5.41, 5.74) is 2.77. The Bertz CT molecular complexity index is 1400. The fourth-order valence-electron chi connectivity index (χ4n) is 5.70. The van der Waals surface area contributed by atoms with E-state index in [0.717, 1.165) is 22.8 Å². The highest BCUT2D eigenvalue weighted by atomic mass is 19.1. The fourth-order valence-corrected chi connectivity index (χ4v) is 5.70. The molecule has 0 radical (unpaired) electrons. The Morgan fingerprint density at radius 1 is 0.955 bits per heavy atom. The number of rotatable bonds is 10. The van der Waals surface area contributed by atoms with E-state index in [4.69, 9.17) is 4.74 Å². The average Bonchev–Trinajstić information content (AvgIpc) is 2.98. The van der Waals surface area contributed by atoms with Crippen LogP contribution in [-0.4, -0.2) is 53.8 Å². The summed E-state index contributed by atoms with van der Waals surface area (Å²) in [4.78, 5) is 26.6. The van der Waals surface area contributed by atoms with Gasteiger partial charge in [0.2, 0.25) is 5.91 Å². The molecule has 0 spiro atoms. The molecule has 7 nitrogen and oxygen atoms in total. The lowest BCUT2D eigenvalue weighted by Gasteiger charge is -2.44. The van der Waals surface area contributed by atoms with Crippen LogP contribution in [0, 0.1) is 11.6 Å². The first-order valence-corrected chi connectivity index (χ1v) is 15.1. The lowest BCUT2D eigenvalue weighted by Crippen LogP contribution is -2.56. The van der Waals surface area contributed by atoms with Crippen molar-refractivity contribution in [1.29, 1.82) is 0 Å². The van der Waals surface area contributed by atoms with Gasteiger partial charge in [-0.25, -0.2) is 13.6 Å². The van der Waals surface area contributed by atoms with Crippen LogP contribution in [0.4, 0.5) is 13.6 Å². The van der Waals surface area contributed by atoms with Gasteiger partial charge < -0.3 is 25.4 Å². The normalized spacial score (nSPS) is 16.2. The van der Waals surface area contributed by atoms with E-state index in [0.29, 0.717) is 31.5 Å². The second kappa shape index (κ2) is 14.3. The molecule has 1 fully saturated rings. The number of nitrogens with zero attached hydrogens (tertiary/aromatic N) is 1. The number of carbonyl (C=O) groups is 2. The van der Waals surface area contributed by atoms with Crippen LogP contribution < -0.4 is 10.6 Å². The predicted molar refractivity (Wildman–Crippen MR) is 166 cm³/mol. The molecule has 4 rings (SSSR count). The van der Waals surface area contributed by atoms with Crippen LogP contribution in [0.25, 0.3) is 0 Å². The van der Waals surface area contributed by atoms with Gasteiger partial charge in [-0.2, -0.15) is 0 Å². The Hall–Kier alpha value is -3.82. The van der Waals surface area contributed by atoms with Gasteiger partial charge in [-0.1, -0.05) is 75.4 Å². The Kier molecular flexibility index (Phi) is 10.8. The Morgan fingerprint density at radius 2 is 1.61 bits per heavy atom. The molecule has 3 aromatic rings. The van der Waals surface area contributed by atoms with Crippen molar-refractivity contribution in [3.63, 3.8) is 0 Å². The van der Waals surface area contributed by atoms with Crippen molar-refractivity contribution in [2.75, 3.05) is 19.6 Å². The molecule has 2 amide bonds. The monoisotopic (exact) mass is 607 g/mol. The summed E-state index contributed by atoms with van der Waals surface area (Å²) in [7, 11) is 0. The fraction of sp³-hybridized carbons (Fsp3) is 0.429. The first-order chi connectivity index (χ1) is 20.8. The quantitative estimate of drug-likeness (QED) is 0.280. The number of benzene rings is 3. The molecule has 3 aromatic carbocycles. The summed E-state index contributed by atoms with van der Waals surface area (Å²) in [6.45, 7) is 8.95. The molecule has 3 N–H and O–H groups in total. The van der Waals surface area contributed by atoms with E-state index in [9.17, 15) is 23.5 Å². The van der Waals surface area contributed by atoms with Gasteiger partial charge in [0.25, 0.3) is 0 Å². The van der Waals surface area contributed by atoms with Crippen LogP contribution >= 0.6 is 0 Å². The molecule has 0 saturated carbocycles. The standard InChI is InChI=1S/C35H43F2N3O4/c1-24(41)39-31(19-26-17-29(36)21-30(37)18-26)32(42)22-38-35(28-12-8-11-27(20-28)34(2,3)4)13-15-40(16-14-35)33(43)44-23-25-9-6-5-7-10-25/h5-12,17-18,20-21,31-32,38,42H,13-16,19,22-23H2,1-4H3,(H,39,41)/t31-,32+/m0/s1. The third-order valence-corrected chi connectivity index (χ3v) is 8.24. The maximum absolute atomic E-state index is 13.9.